The molecule has 4 rings (SSSR count). The quantitative estimate of drug-likeness (QED) is 0.199. The molecule has 0 amide bonds. The van der Waals surface area contributed by atoms with E-state index in [1.807, 2.05) is 60.9 Å². The van der Waals surface area contributed by atoms with E-state index in [1.165, 1.54) is 23.9 Å². The van der Waals surface area contributed by atoms with Crippen LogP contribution in [0.5, 0.6) is 0 Å². The average Bonchev–Trinajstić information content (AvgIpc) is 3.35. The van der Waals surface area contributed by atoms with Gasteiger partial charge in [0.1, 0.15) is 5.82 Å². The van der Waals surface area contributed by atoms with Crippen LogP contribution in [0.1, 0.15) is 21.7 Å². The zero-order valence-electron chi connectivity index (χ0n) is 18.0. The van der Waals surface area contributed by atoms with Gasteiger partial charge in [-0.3, -0.25) is 9.36 Å². The number of carbonyl (C=O) groups is 1. The second kappa shape index (κ2) is 9.36. The molecule has 2 aromatic carbocycles. The normalized spacial score (nSPS) is 11.0. The summed E-state index contributed by atoms with van der Waals surface area (Å²) in [5.74, 6) is 0.542. The van der Waals surface area contributed by atoms with Crippen molar-refractivity contribution in [1.82, 2.24) is 19.3 Å². The second-order valence-electron chi connectivity index (χ2n) is 7.38. The summed E-state index contributed by atoms with van der Waals surface area (Å²) in [6.45, 7) is 8.40. The number of aryl methyl sites for hydroxylation is 1. The fourth-order valence-corrected chi connectivity index (χ4v) is 4.50. The first-order valence-electron chi connectivity index (χ1n) is 10.2. The van der Waals surface area contributed by atoms with Crippen LogP contribution in [0.15, 0.2) is 78.5 Å². The summed E-state index contributed by atoms with van der Waals surface area (Å²) in [4.78, 5) is 13.0. The van der Waals surface area contributed by atoms with E-state index in [-0.39, 0.29) is 17.4 Å². The van der Waals surface area contributed by atoms with Crippen LogP contribution >= 0.6 is 11.8 Å². The van der Waals surface area contributed by atoms with Gasteiger partial charge >= 0.3 is 0 Å². The Balaban J connectivity index is 1.64. The Morgan fingerprint density at radius 1 is 1.09 bits per heavy atom. The molecule has 2 aromatic heterocycles. The second-order valence-corrected chi connectivity index (χ2v) is 8.32. The number of Topliss-reactive ketones (excluding diaryl/α,β-unsaturated/α-hetero) is 1. The third kappa shape index (κ3) is 4.29. The zero-order valence-corrected chi connectivity index (χ0v) is 18.8. The van der Waals surface area contributed by atoms with E-state index >= 15 is 0 Å². The van der Waals surface area contributed by atoms with Crippen LogP contribution in [-0.4, -0.2) is 30.9 Å². The molecular formula is C25H23FN4OS. The number of hydrogen-bond acceptors (Lipinski definition) is 4. The maximum absolute atomic E-state index is 13.4. The lowest BCUT2D eigenvalue weighted by Crippen LogP contribution is -2.07. The van der Waals surface area contributed by atoms with Crippen LogP contribution in [0.25, 0.3) is 17.1 Å². The van der Waals surface area contributed by atoms with Gasteiger partial charge in [-0.1, -0.05) is 36.0 Å². The monoisotopic (exact) mass is 446 g/mol. The van der Waals surface area contributed by atoms with Crippen molar-refractivity contribution in [2.75, 3.05) is 5.75 Å². The highest BCUT2D eigenvalue weighted by molar-refractivity contribution is 7.99. The van der Waals surface area contributed by atoms with E-state index in [2.05, 4.69) is 21.3 Å². The number of para-hydroxylation sites is 1. The predicted molar refractivity (Wildman–Crippen MR) is 126 cm³/mol. The lowest BCUT2D eigenvalue weighted by atomic mass is 10.2. The number of aromatic nitrogens is 4. The molecule has 7 heteroatoms. The fraction of sp³-hybridized carbons (Fsp3) is 0.160. The van der Waals surface area contributed by atoms with Gasteiger partial charge in [0.25, 0.3) is 0 Å². The van der Waals surface area contributed by atoms with Crippen molar-refractivity contribution < 1.29 is 9.18 Å². The third-order valence-electron chi connectivity index (χ3n) is 5.27. The minimum atomic E-state index is -0.311. The van der Waals surface area contributed by atoms with Crippen molar-refractivity contribution in [2.45, 2.75) is 25.5 Å². The predicted octanol–water partition coefficient (Wildman–Crippen LogP) is 5.65. The molecule has 0 bridgehead atoms. The Hall–Kier alpha value is -3.45. The fourth-order valence-electron chi connectivity index (χ4n) is 3.66. The van der Waals surface area contributed by atoms with Gasteiger partial charge in [-0.05, 0) is 56.3 Å². The van der Waals surface area contributed by atoms with E-state index in [1.54, 1.807) is 12.1 Å². The lowest BCUT2D eigenvalue weighted by molar-refractivity contribution is 0.102. The number of allylic oxidation sites excluding steroid dienone is 1. The molecule has 2 heterocycles. The van der Waals surface area contributed by atoms with E-state index in [0.29, 0.717) is 23.1 Å². The highest BCUT2D eigenvalue weighted by Crippen LogP contribution is 2.29. The number of hydrogen-bond donors (Lipinski definition) is 0. The van der Waals surface area contributed by atoms with Crippen molar-refractivity contribution in [3.63, 3.8) is 0 Å². The Labute approximate surface area is 190 Å². The van der Waals surface area contributed by atoms with E-state index in [4.69, 9.17) is 0 Å². The summed E-state index contributed by atoms with van der Waals surface area (Å²) in [5.41, 5.74) is 4.29. The van der Waals surface area contributed by atoms with Crippen molar-refractivity contribution in [3.05, 3.63) is 96.1 Å². The number of halogens is 1. The number of rotatable bonds is 8. The van der Waals surface area contributed by atoms with Crippen molar-refractivity contribution >= 4 is 17.5 Å². The summed E-state index contributed by atoms with van der Waals surface area (Å²) >= 11 is 1.34. The highest BCUT2D eigenvalue weighted by atomic mass is 32.2. The van der Waals surface area contributed by atoms with Gasteiger partial charge in [0.15, 0.2) is 16.8 Å². The summed E-state index contributed by atoms with van der Waals surface area (Å²) in [7, 11) is 0. The molecule has 162 valence electrons. The van der Waals surface area contributed by atoms with Gasteiger partial charge in [-0.2, -0.15) is 0 Å². The van der Waals surface area contributed by atoms with Crippen LogP contribution in [0.2, 0.25) is 0 Å². The maximum Gasteiger partial charge on any atom is 0.196 e. The van der Waals surface area contributed by atoms with E-state index in [0.717, 1.165) is 22.6 Å². The topological polar surface area (TPSA) is 52.7 Å². The first-order valence-corrected chi connectivity index (χ1v) is 11.2. The van der Waals surface area contributed by atoms with E-state index in [9.17, 15) is 9.18 Å². The molecule has 0 saturated carbocycles. The Bertz CT molecular complexity index is 1260. The molecular weight excluding hydrogens is 423 g/mol. The highest BCUT2D eigenvalue weighted by Gasteiger charge is 2.20. The minimum Gasteiger partial charge on any atom is -0.345 e. The molecule has 0 aliphatic rings. The number of thioether (sulfide) groups is 1. The average molecular weight is 447 g/mol. The van der Waals surface area contributed by atoms with Crippen LogP contribution in [-0.2, 0) is 6.54 Å². The maximum atomic E-state index is 13.4. The Morgan fingerprint density at radius 3 is 2.50 bits per heavy atom. The van der Waals surface area contributed by atoms with Crippen LogP contribution in [0.4, 0.5) is 4.39 Å². The number of ketones is 1. The van der Waals surface area contributed by atoms with Gasteiger partial charge in [-0.15, -0.1) is 16.8 Å². The molecule has 0 N–H and O–H groups in total. The molecule has 4 aromatic rings. The number of nitrogens with zero attached hydrogens (tertiary/aromatic N) is 4. The molecule has 0 saturated heterocycles. The smallest absolute Gasteiger partial charge is 0.196 e. The zero-order chi connectivity index (χ0) is 22.7. The molecule has 0 atom stereocenters. The molecule has 0 unspecified atom stereocenters. The third-order valence-corrected chi connectivity index (χ3v) is 6.20. The summed E-state index contributed by atoms with van der Waals surface area (Å²) in [6, 6.07) is 17.8. The Kier molecular flexibility index (Phi) is 6.37. The summed E-state index contributed by atoms with van der Waals surface area (Å²) in [5, 5.41) is 9.29. The lowest BCUT2D eigenvalue weighted by Gasteiger charge is -2.10. The summed E-state index contributed by atoms with van der Waals surface area (Å²) in [6.07, 6.45) is 1.82. The van der Waals surface area contributed by atoms with Crippen molar-refractivity contribution in [1.29, 1.82) is 0 Å². The Morgan fingerprint density at radius 2 is 1.81 bits per heavy atom. The minimum absolute atomic E-state index is 0.0318. The van der Waals surface area contributed by atoms with Gasteiger partial charge in [0.05, 0.1) is 5.75 Å². The standard InChI is InChI=1S/C25H23FN4OS/c1-4-14-29-17(2)15-22(18(29)3)23(31)16-32-25-28-27-24(19-10-12-20(26)13-11-19)30(25)21-8-6-5-7-9-21/h4-13,15H,1,14,16H2,2-3H3. The number of benzene rings is 2. The molecule has 0 spiro atoms. The van der Waals surface area contributed by atoms with Crippen LogP contribution in [0.3, 0.4) is 0 Å². The van der Waals surface area contributed by atoms with E-state index < -0.39 is 0 Å². The molecule has 0 aliphatic heterocycles. The SMILES string of the molecule is C=CCn1c(C)cc(C(=O)CSc2nnc(-c3ccc(F)cc3)n2-c2ccccc2)c1C. The first kappa shape index (κ1) is 21.8. The first-order chi connectivity index (χ1) is 15.5. The van der Waals surface area contributed by atoms with Gasteiger partial charge in [-0.25, -0.2) is 4.39 Å². The molecule has 0 radical (unpaired) electrons. The van der Waals surface area contributed by atoms with Crippen molar-refractivity contribution in [3.8, 4) is 17.1 Å². The van der Waals surface area contributed by atoms with Crippen LogP contribution in [0, 0.1) is 19.7 Å². The molecule has 32 heavy (non-hydrogen) atoms. The van der Waals surface area contributed by atoms with Gasteiger partial charge in [0.2, 0.25) is 0 Å². The largest absolute Gasteiger partial charge is 0.345 e. The molecule has 5 nitrogen and oxygen atoms in total. The number of carbonyl (C=O) groups excluding carboxylic acids is 1. The molecule has 0 aliphatic carbocycles. The summed E-state index contributed by atoms with van der Waals surface area (Å²) < 4.78 is 17.4. The van der Waals surface area contributed by atoms with Gasteiger partial charge < -0.3 is 4.57 Å². The van der Waals surface area contributed by atoms with Crippen molar-refractivity contribution in [2.24, 2.45) is 0 Å². The van der Waals surface area contributed by atoms with Crippen LogP contribution < -0.4 is 0 Å². The molecule has 0 fully saturated rings. The van der Waals surface area contributed by atoms with Gasteiger partial charge in [0, 0.05) is 34.7 Å².